The largest absolute Gasteiger partial charge is 0.497 e. The van der Waals surface area contributed by atoms with Crippen LogP contribution in [-0.4, -0.2) is 62.0 Å². The number of amides is 2. The van der Waals surface area contributed by atoms with E-state index < -0.39 is 6.04 Å². The van der Waals surface area contributed by atoms with Crippen molar-refractivity contribution in [2.45, 2.75) is 25.8 Å². The molecule has 0 saturated carbocycles. The van der Waals surface area contributed by atoms with Crippen LogP contribution in [-0.2, 0) is 16.0 Å². The third kappa shape index (κ3) is 5.01. The highest BCUT2D eigenvalue weighted by Crippen LogP contribution is 2.21. The van der Waals surface area contributed by atoms with Crippen molar-refractivity contribution in [3.05, 3.63) is 54.1 Å². The lowest BCUT2D eigenvalue weighted by Crippen LogP contribution is -2.56. The number of nitrogens with one attached hydrogen (secondary N) is 2. The van der Waals surface area contributed by atoms with Gasteiger partial charge in [-0.2, -0.15) is 0 Å². The Morgan fingerprint density at radius 2 is 1.72 bits per heavy atom. The van der Waals surface area contributed by atoms with Crippen LogP contribution in [0.2, 0.25) is 0 Å². The number of hydrogen-bond acceptors (Lipinski definition) is 6. The van der Waals surface area contributed by atoms with E-state index in [0.29, 0.717) is 24.7 Å². The highest BCUT2D eigenvalue weighted by atomic mass is 16.5. The van der Waals surface area contributed by atoms with Crippen molar-refractivity contribution in [1.82, 2.24) is 10.2 Å². The zero-order valence-electron chi connectivity index (χ0n) is 18.5. The number of methoxy groups -OCH3 is 1. The molecule has 1 saturated heterocycles. The number of piperazine rings is 1. The third-order valence-corrected chi connectivity index (χ3v) is 5.86. The Labute approximate surface area is 188 Å². The first-order valence-electron chi connectivity index (χ1n) is 11.0. The molecule has 2 amide bonds. The van der Waals surface area contributed by atoms with Crippen LogP contribution in [0.1, 0.15) is 18.9 Å². The maximum atomic E-state index is 12.8. The van der Waals surface area contributed by atoms with Crippen molar-refractivity contribution in [3.63, 3.8) is 0 Å². The van der Waals surface area contributed by atoms with Crippen LogP contribution in [0.15, 0.2) is 53.5 Å². The first-order valence-corrected chi connectivity index (χ1v) is 11.0. The molecule has 4 rings (SSSR count). The summed E-state index contributed by atoms with van der Waals surface area (Å²) in [7, 11) is 1.66. The molecule has 1 fully saturated rings. The van der Waals surface area contributed by atoms with Gasteiger partial charge < -0.3 is 19.9 Å². The zero-order chi connectivity index (χ0) is 22.5. The van der Waals surface area contributed by atoms with Crippen molar-refractivity contribution in [2.24, 2.45) is 4.99 Å². The summed E-state index contributed by atoms with van der Waals surface area (Å²) >= 11 is 0. The van der Waals surface area contributed by atoms with E-state index in [2.05, 4.69) is 27.4 Å². The molecule has 0 aromatic heterocycles. The zero-order valence-corrected chi connectivity index (χ0v) is 18.5. The van der Waals surface area contributed by atoms with Gasteiger partial charge in [0.05, 0.1) is 13.5 Å². The van der Waals surface area contributed by atoms with Gasteiger partial charge in [-0.3, -0.25) is 14.9 Å². The normalized spacial score (nSPS) is 18.6. The summed E-state index contributed by atoms with van der Waals surface area (Å²) in [5.74, 6) is 0.863. The number of benzene rings is 2. The lowest BCUT2D eigenvalue weighted by Gasteiger charge is -2.38. The molecule has 0 spiro atoms. The van der Waals surface area contributed by atoms with Crippen LogP contribution in [0.5, 0.6) is 5.75 Å². The summed E-state index contributed by atoms with van der Waals surface area (Å²) in [4.78, 5) is 33.9. The van der Waals surface area contributed by atoms with Crippen LogP contribution in [0.25, 0.3) is 0 Å². The lowest BCUT2D eigenvalue weighted by molar-refractivity contribution is -0.125. The van der Waals surface area contributed by atoms with E-state index in [4.69, 9.17) is 4.74 Å². The van der Waals surface area contributed by atoms with Crippen LogP contribution < -0.4 is 20.3 Å². The number of carbonyl (C=O) groups excluding carboxylic acids is 2. The Morgan fingerprint density at radius 3 is 2.34 bits per heavy atom. The van der Waals surface area contributed by atoms with Gasteiger partial charge in [-0.05, 0) is 48.4 Å². The fourth-order valence-corrected chi connectivity index (χ4v) is 3.91. The molecule has 2 N–H and O–H groups in total. The fraction of sp³-hybridized carbons (Fsp3) is 0.375. The van der Waals surface area contributed by atoms with Crippen LogP contribution in [0.4, 0.5) is 11.4 Å². The number of aryl methyl sites for hydroxylation is 1. The summed E-state index contributed by atoms with van der Waals surface area (Å²) in [5, 5.41) is 5.72. The van der Waals surface area contributed by atoms with Gasteiger partial charge in [0.15, 0.2) is 0 Å². The van der Waals surface area contributed by atoms with Gasteiger partial charge in [0, 0.05) is 37.6 Å². The Morgan fingerprint density at radius 1 is 1.06 bits per heavy atom. The van der Waals surface area contributed by atoms with Gasteiger partial charge >= 0.3 is 0 Å². The average Bonchev–Trinajstić information content (AvgIpc) is 2.84. The van der Waals surface area contributed by atoms with Gasteiger partial charge in [0.2, 0.25) is 17.8 Å². The second-order valence-corrected chi connectivity index (χ2v) is 7.93. The monoisotopic (exact) mass is 435 g/mol. The molecule has 0 radical (unpaired) electrons. The number of hydrogen-bond donors (Lipinski definition) is 2. The molecular weight excluding hydrogens is 406 g/mol. The van der Waals surface area contributed by atoms with Gasteiger partial charge in [0.1, 0.15) is 11.8 Å². The summed E-state index contributed by atoms with van der Waals surface area (Å²) in [6.07, 6.45) is 0.991. The number of anilines is 2. The Bertz CT molecular complexity index is 980. The maximum absolute atomic E-state index is 12.8. The van der Waals surface area contributed by atoms with Crippen molar-refractivity contribution in [3.8, 4) is 5.75 Å². The van der Waals surface area contributed by atoms with Crippen LogP contribution in [0, 0.1) is 0 Å². The third-order valence-electron chi connectivity index (χ3n) is 5.86. The maximum Gasteiger partial charge on any atom is 0.249 e. The highest BCUT2D eigenvalue weighted by molar-refractivity contribution is 6.06. The van der Waals surface area contributed by atoms with Crippen LogP contribution >= 0.6 is 0 Å². The molecule has 2 aromatic carbocycles. The number of nitrogens with zero attached hydrogens (tertiary/aromatic N) is 3. The van der Waals surface area contributed by atoms with Crippen LogP contribution in [0.3, 0.4) is 0 Å². The predicted octanol–water partition coefficient (Wildman–Crippen LogP) is 2.26. The summed E-state index contributed by atoms with van der Waals surface area (Å²) < 4.78 is 5.22. The Balaban J connectivity index is 1.38. The SMILES string of the molecule is CCc1ccc(NC(=O)[C@@H]2CC(=O)NC(N3CCN(c4ccc(OC)cc4)CC3)=N2)cc1. The fourth-order valence-electron chi connectivity index (χ4n) is 3.91. The second kappa shape index (κ2) is 9.72. The number of carbonyl (C=O) groups is 2. The van der Waals surface area contributed by atoms with E-state index in [1.807, 2.05) is 53.4 Å². The number of aliphatic imine (C=N–C) groups is 1. The van der Waals surface area contributed by atoms with Crippen molar-refractivity contribution in [2.75, 3.05) is 43.5 Å². The van der Waals surface area contributed by atoms with E-state index >= 15 is 0 Å². The van der Waals surface area contributed by atoms with Gasteiger partial charge in [-0.15, -0.1) is 0 Å². The van der Waals surface area contributed by atoms with Crippen molar-refractivity contribution >= 4 is 29.1 Å². The highest BCUT2D eigenvalue weighted by Gasteiger charge is 2.30. The molecular formula is C24H29N5O3. The molecule has 0 aliphatic carbocycles. The van der Waals surface area contributed by atoms with Gasteiger partial charge in [-0.25, -0.2) is 4.99 Å². The molecule has 2 heterocycles. The molecule has 0 unspecified atom stereocenters. The number of ether oxygens (including phenoxy) is 1. The van der Waals surface area contributed by atoms with Crippen molar-refractivity contribution in [1.29, 1.82) is 0 Å². The Kier molecular flexibility index (Phi) is 6.58. The molecule has 2 aromatic rings. The molecule has 8 heteroatoms. The van der Waals surface area contributed by atoms with Gasteiger partial charge in [-0.1, -0.05) is 19.1 Å². The predicted molar refractivity (Wildman–Crippen MR) is 125 cm³/mol. The van der Waals surface area contributed by atoms with Gasteiger partial charge in [0.25, 0.3) is 0 Å². The molecule has 0 bridgehead atoms. The molecule has 8 nitrogen and oxygen atoms in total. The molecule has 1 atom stereocenters. The average molecular weight is 436 g/mol. The topological polar surface area (TPSA) is 86.3 Å². The Hall–Kier alpha value is -3.55. The molecule has 2 aliphatic rings. The van der Waals surface area contributed by atoms with Crippen molar-refractivity contribution < 1.29 is 14.3 Å². The molecule has 168 valence electrons. The van der Waals surface area contributed by atoms with E-state index in [1.165, 1.54) is 5.56 Å². The quantitative estimate of drug-likeness (QED) is 0.753. The summed E-state index contributed by atoms with van der Waals surface area (Å²) in [6.45, 7) is 5.08. The minimum atomic E-state index is -0.732. The molecule has 2 aliphatic heterocycles. The lowest BCUT2D eigenvalue weighted by atomic mass is 10.1. The first kappa shape index (κ1) is 21.7. The first-order chi connectivity index (χ1) is 15.6. The smallest absolute Gasteiger partial charge is 0.249 e. The van der Waals surface area contributed by atoms with E-state index in [1.54, 1.807) is 7.11 Å². The van der Waals surface area contributed by atoms with E-state index in [-0.39, 0.29) is 18.2 Å². The standard InChI is InChI=1S/C24H29N5O3/c1-3-17-4-6-18(7-5-17)25-23(31)21-16-22(30)27-24(26-21)29-14-12-28(13-15-29)19-8-10-20(32-2)11-9-19/h4-11,21H,3,12-16H2,1-2H3,(H,25,31)(H,26,27,30)/t21-/m0/s1. The number of guanidine groups is 1. The number of rotatable bonds is 5. The van der Waals surface area contributed by atoms with E-state index in [0.717, 1.165) is 30.9 Å². The minimum absolute atomic E-state index is 0.0498. The minimum Gasteiger partial charge on any atom is -0.497 e. The summed E-state index contributed by atoms with van der Waals surface area (Å²) in [5.41, 5.74) is 3.04. The second-order valence-electron chi connectivity index (χ2n) is 7.93. The summed E-state index contributed by atoms with van der Waals surface area (Å²) in [6, 6.07) is 15.0. The molecule has 32 heavy (non-hydrogen) atoms. The van der Waals surface area contributed by atoms with E-state index in [9.17, 15) is 9.59 Å².